The van der Waals surface area contributed by atoms with Crippen LogP contribution in [0.25, 0.3) is 6.08 Å². The van der Waals surface area contributed by atoms with Gasteiger partial charge in [-0.25, -0.2) is 9.79 Å². The Bertz CT molecular complexity index is 767. The summed E-state index contributed by atoms with van der Waals surface area (Å²) in [7, 11) is 0. The number of cyclic esters (lactones) is 1. The number of rotatable bonds is 2. The molecule has 0 saturated heterocycles. The second kappa shape index (κ2) is 5.72. The van der Waals surface area contributed by atoms with E-state index in [9.17, 15) is 4.79 Å². The van der Waals surface area contributed by atoms with Gasteiger partial charge in [-0.1, -0.05) is 47.5 Å². The highest BCUT2D eigenvalue weighted by atomic mass is 35.5. The predicted octanol–water partition coefficient (Wildman–Crippen LogP) is 4.34. The maximum atomic E-state index is 11.9. The van der Waals surface area contributed by atoms with Crippen LogP contribution in [0.4, 0.5) is 0 Å². The van der Waals surface area contributed by atoms with Crippen LogP contribution < -0.4 is 0 Å². The van der Waals surface area contributed by atoms with Gasteiger partial charge in [0.25, 0.3) is 0 Å². The van der Waals surface area contributed by atoms with E-state index in [2.05, 4.69) is 4.99 Å². The SMILES string of the molecule is O=C1OC(c2ccccc2)=NC1=Cc1ccc(Cl)cc1Cl. The van der Waals surface area contributed by atoms with E-state index in [0.29, 0.717) is 15.6 Å². The number of hydrogen-bond acceptors (Lipinski definition) is 3. The van der Waals surface area contributed by atoms with Crippen LogP contribution in [0.2, 0.25) is 10.0 Å². The first kappa shape index (κ1) is 13.9. The average Bonchev–Trinajstić information content (AvgIpc) is 2.84. The van der Waals surface area contributed by atoms with Crippen molar-refractivity contribution >= 4 is 41.1 Å². The molecule has 0 N–H and O–H groups in total. The zero-order valence-corrected chi connectivity index (χ0v) is 12.2. The van der Waals surface area contributed by atoms with Crippen LogP contribution in [-0.2, 0) is 9.53 Å². The van der Waals surface area contributed by atoms with Crippen LogP contribution in [0, 0.1) is 0 Å². The van der Waals surface area contributed by atoms with Gasteiger partial charge in [0.15, 0.2) is 5.70 Å². The van der Waals surface area contributed by atoms with Crippen molar-refractivity contribution in [1.82, 2.24) is 0 Å². The lowest BCUT2D eigenvalue weighted by molar-refractivity contribution is -0.129. The largest absolute Gasteiger partial charge is 0.402 e. The number of hydrogen-bond donors (Lipinski definition) is 0. The van der Waals surface area contributed by atoms with E-state index >= 15 is 0 Å². The van der Waals surface area contributed by atoms with Crippen LogP contribution in [-0.4, -0.2) is 11.9 Å². The molecule has 0 radical (unpaired) electrons. The fourth-order valence-electron chi connectivity index (χ4n) is 1.88. The summed E-state index contributed by atoms with van der Waals surface area (Å²) in [5, 5.41) is 0.982. The molecule has 0 unspecified atom stereocenters. The van der Waals surface area contributed by atoms with E-state index in [4.69, 9.17) is 27.9 Å². The number of nitrogens with zero attached hydrogens (tertiary/aromatic N) is 1. The van der Waals surface area contributed by atoms with E-state index in [1.807, 2.05) is 30.3 Å². The van der Waals surface area contributed by atoms with Gasteiger partial charge in [0.1, 0.15) is 0 Å². The van der Waals surface area contributed by atoms with Crippen LogP contribution in [0.15, 0.2) is 59.2 Å². The Labute approximate surface area is 131 Å². The topological polar surface area (TPSA) is 38.7 Å². The van der Waals surface area contributed by atoms with Gasteiger partial charge in [0.05, 0.1) is 0 Å². The van der Waals surface area contributed by atoms with Crippen LogP contribution in [0.3, 0.4) is 0 Å². The summed E-state index contributed by atoms with van der Waals surface area (Å²) in [4.78, 5) is 16.1. The molecule has 2 aromatic carbocycles. The molecular formula is C16H9Cl2NO2. The standard InChI is InChI=1S/C16H9Cl2NO2/c17-12-7-6-11(13(18)9-12)8-14-16(20)21-15(19-14)10-4-2-1-3-5-10/h1-9H. The first-order valence-electron chi connectivity index (χ1n) is 6.16. The normalized spacial score (nSPS) is 16.0. The molecule has 0 aliphatic carbocycles. The fraction of sp³-hybridized carbons (Fsp3) is 0. The van der Waals surface area contributed by atoms with Gasteiger partial charge in [-0.15, -0.1) is 0 Å². The minimum Gasteiger partial charge on any atom is -0.402 e. The predicted molar refractivity (Wildman–Crippen MR) is 83.5 cm³/mol. The lowest BCUT2D eigenvalue weighted by atomic mass is 10.2. The molecule has 0 atom stereocenters. The molecule has 3 nitrogen and oxygen atoms in total. The Morgan fingerprint density at radius 1 is 1.05 bits per heavy atom. The Kier molecular flexibility index (Phi) is 3.78. The van der Waals surface area contributed by atoms with Crippen molar-refractivity contribution in [2.75, 3.05) is 0 Å². The van der Waals surface area contributed by atoms with Crippen molar-refractivity contribution in [3.63, 3.8) is 0 Å². The Morgan fingerprint density at radius 3 is 2.52 bits per heavy atom. The van der Waals surface area contributed by atoms with E-state index in [1.165, 1.54) is 0 Å². The van der Waals surface area contributed by atoms with Crippen molar-refractivity contribution in [2.24, 2.45) is 4.99 Å². The van der Waals surface area contributed by atoms with Crippen LogP contribution in [0.1, 0.15) is 11.1 Å². The molecule has 0 aromatic heterocycles. The van der Waals surface area contributed by atoms with Gasteiger partial charge in [0.2, 0.25) is 5.90 Å². The summed E-state index contributed by atoms with van der Waals surface area (Å²) in [6, 6.07) is 14.3. The van der Waals surface area contributed by atoms with E-state index < -0.39 is 5.97 Å². The van der Waals surface area contributed by atoms with E-state index in [-0.39, 0.29) is 11.6 Å². The second-order valence-corrected chi connectivity index (χ2v) is 5.21. The zero-order chi connectivity index (χ0) is 14.8. The molecule has 2 aromatic rings. The third kappa shape index (κ3) is 2.99. The Hall–Kier alpha value is -2.10. The molecule has 0 amide bonds. The lowest BCUT2D eigenvalue weighted by Gasteiger charge is -1.98. The minimum absolute atomic E-state index is 0.207. The molecule has 0 saturated carbocycles. The Balaban J connectivity index is 1.97. The number of carbonyl (C=O) groups is 1. The summed E-state index contributed by atoms with van der Waals surface area (Å²) >= 11 is 11.9. The number of carbonyl (C=O) groups excluding carboxylic acids is 1. The first-order chi connectivity index (χ1) is 10.1. The van der Waals surface area contributed by atoms with Crippen molar-refractivity contribution in [2.45, 2.75) is 0 Å². The molecule has 0 fully saturated rings. The average molecular weight is 318 g/mol. The van der Waals surface area contributed by atoms with Gasteiger partial charge in [-0.2, -0.15) is 0 Å². The number of ether oxygens (including phenoxy) is 1. The fourth-order valence-corrected chi connectivity index (χ4v) is 2.34. The second-order valence-electron chi connectivity index (χ2n) is 4.37. The molecule has 104 valence electrons. The molecule has 0 spiro atoms. The third-order valence-electron chi connectivity index (χ3n) is 2.90. The van der Waals surface area contributed by atoms with Gasteiger partial charge >= 0.3 is 5.97 Å². The number of halogens is 2. The summed E-state index contributed by atoms with van der Waals surface area (Å²) in [5.74, 6) is -0.211. The van der Waals surface area contributed by atoms with Crippen LogP contribution in [0.5, 0.6) is 0 Å². The minimum atomic E-state index is -0.500. The van der Waals surface area contributed by atoms with Crippen molar-refractivity contribution in [3.8, 4) is 0 Å². The summed E-state index contributed by atoms with van der Waals surface area (Å²) < 4.78 is 5.17. The highest BCUT2D eigenvalue weighted by molar-refractivity contribution is 6.35. The van der Waals surface area contributed by atoms with Crippen molar-refractivity contribution in [3.05, 3.63) is 75.4 Å². The van der Waals surface area contributed by atoms with Gasteiger partial charge < -0.3 is 4.74 Å². The highest BCUT2D eigenvalue weighted by Crippen LogP contribution is 2.25. The first-order valence-corrected chi connectivity index (χ1v) is 6.92. The quantitative estimate of drug-likeness (QED) is 0.610. The summed E-state index contributed by atoms with van der Waals surface area (Å²) in [6.07, 6.45) is 1.58. The maximum Gasteiger partial charge on any atom is 0.363 e. The molecule has 0 bridgehead atoms. The van der Waals surface area contributed by atoms with Gasteiger partial charge in [0, 0.05) is 15.6 Å². The molecule has 5 heteroatoms. The van der Waals surface area contributed by atoms with Gasteiger partial charge in [-0.3, -0.25) is 0 Å². The lowest BCUT2D eigenvalue weighted by Crippen LogP contribution is -2.04. The van der Waals surface area contributed by atoms with Gasteiger partial charge in [-0.05, 0) is 35.9 Å². The van der Waals surface area contributed by atoms with Crippen molar-refractivity contribution < 1.29 is 9.53 Å². The third-order valence-corrected chi connectivity index (χ3v) is 3.46. The highest BCUT2D eigenvalue weighted by Gasteiger charge is 2.24. The molecule has 1 aliphatic rings. The molecule has 1 aliphatic heterocycles. The summed E-state index contributed by atoms with van der Waals surface area (Å²) in [5.41, 5.74) is 1.61. The molecule has 1 heterocycles. The molecular weight excluding hydrogens is 309 g/mol. The molecule has 21 heavy (non-hydrogen) atoms. The monoisotopic (exact) mass is 317 g/mol. The number of aliphatic imine (C=N–C) groups is 1. The van der Waals surface area contributed by atoms with E-state index in [0.717, 1.165) is 5.56 Å². The number of esters is 1. The molecule has 3 rings (SSSR count). The number of benzene rings is 2. The smallest absolute Gasteiger partial charge is 0.363 e. The Morgan fingerprint density at radius 2 is 1.81 bits per heavy atom. The maximum absolute atomic E-state index is 11.9. The van der Waals surface area contributed by atoms with E-state index in [1.54, 1.807) is 24.3 Å². The zero-order valence-electron chi connectivity index (χ0n) is 10.7. The summed E-state index contributed by atoms with van der Waals surface area (Å²) in [6.45, 7) is 0. The van der Waals surface area contributed by atoms with Crippen LogP contribution >= 0.6 is 23.2 Å². The van der Waals surface area contributed by atoms with Crippen molar-refractivity contribution in [1.29, 1.82) is 0 Å².